The zero-order valence-corrected chi connectivity index (χ0v) is 11.3. The maximum absolute atomic E-state index is 12.0. The van der Waals surface area contributed by atoms with Crippen LogP contribution >= 0.6 is 11.6 Å². The SMILES string of the molecule is COC(=O)c1ccccc1OC(=O)c1ccnc(Cl)c1. The number of aromatic nitrogens is 1. The van der Waals surface area contributed by atoms with Gasteiger partial charge in [0.25, 0.3) is 0 Å². The van der Waals surface area contributed by atoms with E-state index in [2.05, 4.69) is 9.72 Å². The fourth-order valence-corrected chi connectivity index (χ4v) is 1.70. The Hall–Kier alpha value is -2.40. The molecule has 0 saturated heterocycles. The Labute approximate surface area is 120 Å². The minimum atomic E-state index is -0.634. The lowest BCUT2D eigenvalue weighted by atomic mass is 10.2. The summed E-state index contributed by atoms with van der Waals surface area (Å²) in [6.07, 6.45) is 1.39. The van der Waals surface area contributed by atoms with Gasteiger partial charge in [-0.2, -0.15) is 0 Å². The molecule has 0 amide bonds. The number of carbonyl (C=O) groups excluding carboxylic acids is 2. The van der Waals surface area contributed by atoms with Crippen LogP contribution in [0, 0.1) is 0 Å². The summed E-state index contributed by atoms with van der Waals surface area (Å²) >= 11 is 5.70. The Kier molecular flexibility index (Phi) is 4.32. The summed E-state index contributed by atoms with van der Waals surface area (Å²) in [7, 11) is 1.25. The molecule has 0 aliphatic heterocycles. The van der Waals surface area contributed by atoms with E-state index in [0.717, 1.165) is 0 Å². The van der Waals surface area contributed by atoms with Crippen LogP contribution in [0.4, 0.5) is 0 Å². The predicted octanol–water partition coefficient (Wildman–Crippen LogP) is 2.74. The molecule has 5 nitrogen and oxygen atoms in total. The number of benzene rings is 1. The lowest BCUT2D eigenvalue weighted by molar-refractivity contribution is 0.0593. The maximum atomic E-state index is 12.0. The number of hydrogen-bond acceptors (Lipinski definition) is 5. The summed E-state index contributed by atoms with van der Waals surface area (Å²) in [4.78, 5) is 27.3. The minimum Gasteiger partial charge on any atom is -0.465 e. The van der Waals surface area contributed by atoms with Crippen LogP contribution in [-0.2, 0) is 4.74 Å². The molecule has 2 rings (SSSR count). The summed E-state index contributed by atoms with van der Waals surface area (Å²) in [5, 5.41) is 0.181. The van der Waals surface area contributed by atoms with Crippen molar-refractivity contribution in [3.8, 4) is 5.75 Å². The number of rotatable bonds is 3. The average molecular weight is 292 g/mol. The normalized spacial score (nSPS) is 9.90. The Morgan fingerprint density at radius 2 is 1.90 bits per heavy atom. The summed E-state index contributed by atoms with van der Waals surface area (Å²) in [6.45, 7) is 0. The number of para-hydroxylation sites is 1. The van der Waals surface area contributed by atoms with Crippen LogP contribution in [0.3, 0.4) is 0 Å². The number of carbonyl (C=O) groups is 2. The number of nitrogens with zero attached hydrogens (tertiary/aromatic N) is 1. The minimum absolute atomic E-state index is 0.122. The van der Waals surface area contributed by atoms with E-state index >= 15 is 0 Å². The second-order valence-electron chi connectivity index (χ2n) is 3.74. The first-order chi connectivity index (χ1) is 9.61. The third-order valence-corrected chi connectivity index (χ3v) is 2.66. The van der Waals surface area contributed by atoms with Gasteiger partial charge in [0.2, 0.25) is 0 Å². The van der Waals surface area contributed by atoms with Crippen LogP contribution in [0.2, 0.25) is 5.15 Å². The van der Waals surface area contributed by atoms with Crippen LogP contribution in [0.5, 0.6) is 5.75 Å². The number of methoxy groups -OCH3 is 1. The van der Waals surface area contributed by atoms with Crippen molar-refractivity contribution in [2.75, 3.05) is 7.11 Å². The smallest absolute Gasteiger partial charge is 0.343 e. The van der Waals surface area contributed by atoms with Crippen molar-refractivity contribution in [1.29, 1.82) is 0 Å². The molecule has 0 spiro atoms. The second-order valence-corrected chi connectivity index (χ2v) is 4.13. The summed E-state index contributed by atoms with van der Waals surface area (Å²) < 4.78 is 9.81. The molecule has 0 N–H and O–H groups in total. The van der Waals surface area contributed by atoms with Gasteiger partial charge in [-0.3, -0.25) is 0 Å². The fraction of sp³-hybridized carbons (Fsp3) is 0.0714. The highest BCUT2D eigenvalue weighted by molar-refractivity contribution is 6.29. The van der Waals surface area contributed by atoms with Crippen LogP contribution in [-0.4, -0.2) is 24.0 Å². The fourth-order valence-electron chi connectivity index (χ4n) is 1.52. The van der Waals surface area contributed by atoms with Crippen LogP contribution in [0.25, 0.3) is 0 Å². The Morgan fingerprint density at radius 3 is 2.60 bits per heavy atom. The largest absolute Gasteiger partial charge is 0.465 e. The highest BCUT2D eigenvalue weighted by Gasteiger charge is 2.16. The number of esters is 2. The molecule has 1 heterocycles. The number of halogens is 1. The topological polar surface area (TPSA) is 65.5 Å². The molecule has 0 bridgehead atoms. The summed E-state index contributed by atoms with van der Waals surface area (Å²) in [6, 6.07) is 9.15. The van der Waals surface area contributed by atoms with Gasteiger partial charge in [0, 0.05) is 6.20 Å². The number of pyridine rings is 1. The molecule has 0 saturated carbocycles. The predicted molar refractivity (Wildman–Crippen MR) is 72.0 cm³/mol. The van der Waals surface area contributed by atoms with Gasteiger partial charge in [-0.25, -0.2) is 14.6 Å². The van der Waals surface area contributed by atoms with Crippen LogP contribution in [0.1, 0.15) is 20.7 Å². The van der Waals surface area contributed by atoms with E-state index in [1.165, 1.54) is 37.6 Å². The monoisotopic (exact) mass is 291 g/mol. The lowest BCUT2D eigenvalue weighted by Crippen LogP contribution is -2.12. The van der Waals surface area contributed by atoms with Crippen molar-refractivity contribution >= 4 is 23.5 Å². The number of ether oxygens (including phenoxy) is 2. The van der Waals surface area contributed by atoms with E-state index < -0.39 is 11.9 Å². The summed E-state index contributed by atoms with van der Waals surface area (Å²) in [5.41, 5.74) is 0.410. The van der Waals surface area contributed by atoms with Crippen molar-refractivity contribution in [3.05, 3.63) is 58.9 Å². The van der Waals surface area contributed by atoms with E-state index in [1.54, 1.807) is 12.1 Å². The average Bonchev–Trinajstić information content (AvgIpc) is 2.47. The first kappa shape index (κ1) is 14.0. The van der Waals surface area contributed by atoms with Gasteiger partial charge in [0.05, 0.1) is 12.7 Å². The van der Waals surface area contributed by atoms with E-state index in [4.69, 9.17) is 16.3 Å². The van der Waals surface area contributed by atoms with Crippen molar-refractivity contribution in [1.82, 2.24) is 4.98 Å². The third kappa shape index (κ3) is 3.13. The van der Waals surface area contributed by atoms with Gasteiger partial charge in [0.15, 0.2) is 0 Å². The zero-order chi connectivity index (χ0) is 14.5. The zero-order valence-electron chi connectivity index (χ0n) is 10.5. The highest BCUT2D eigenvalue weighted by atomic mass is 35.5. The highest BCUT2D eigenvalue weighted by Crippen LogP contribution is 2.20. The third-order valence-electron chi connectivity index (χ3n) is 2.46. The molecule has 0 unspecified atom stereocenters. The van der Waals surface area contributed by atoms with E-state index in [1.807, 2.05) is 0 Å². The molecule has 1 aromatic carbocycles. The molecule has 2 aromatic rings. The quantitative estimate of drug-likeness (QED) is 0.494. The van der Waals surface area contributed by atoms with Gasteiger partial charge in [-0.05, 0) is 24.3 Å². The summed E-state index contributed by atoms with van der Waals surface area (Å²) in [5.74, 6) is -1.09. The molecule has 0 atom stereocenters. The molecule has 0 fully saturated rings. The van der Waals surface area contributed by atoms with Gasteiger partial charge < -0.3 is 9.47 Å². The second kappa shape index (κ2) is 6.16. The van der Waals surface area contributed by atoms with E-state index in [9.17, 15) is 9.59 Å². The van der Waals surface area contributed by atoms with E-state index in [0.29, 0.717) is 0 Å². The van der Waals surface area contributed by atoms with Gasteiger partial charge in [0.1, 0.15) is 16.5 Å². The Morgan fingerprint density at radius 1 is 1.15 bits per heavy atom. The number of hydrogen-bond donors (Lipinski definition) is 0. The van der Waals surface area contributed by atoms with Gasteiger partial charge >= 0.3 is 11.9 Å². The molecular weight excluding hydrogens is 282 g/mol. The van der Waals surface area contributed by atoms with Gasteiger partial charge in [-0.1, -0.05) is 23.7 Å². The van der Waals surface area contributed by atoms with E-state index in [-0.39, 0.29) is 22.0 Å². The molecule has 1 aromatic heterocycles. The molecule has 0 radical (unpaired) electrons. The van der Waals surface area contributed by atoms with Gasteiger partial charge in [-0.15, -0.1) is 0 Å². The van der Waals surface area contributed by atoms with Crippen LogP contribution in [0.15, 0.2) is 42.6 Å². The molecular formula is C14H10ClNO4. The molecule has 102 valence electrons. The first-order valence-corrected chi connectivity index (χ1v) is 6.00. The molecule has 20 heavy (non-hydrogen) atoms. The maximum Gasteiger partial charge on any atom is 0.343 e. The standard InChI is InChI=1S/C14H10ClNO4/c1-19-14(18)10-4-2-3-5-11(10)20-13(17)9-6-7-16-12(15)8-9/h2-8H,1H3. The lowest BCUT2D eigenvalue weighted by Gasteiger charge is -2.08. The Balaban J connectivity index is 2.26. The Bertz CT molecular complexity index is 657. The van der Waals surface area contributed by atoms with Crippen molar-refractivity contribution < 1.29 is 19.1 Å². The van der Waals surface area contributed by atoms with Crippen molar-refractivity contribution in [2.45, 2.75) is 0 Å². The molecule has 6 heteroatoms. The van der Waals surface area contributed by atoms with Crippen LogP contribution < -0.4 is 4.74 Å². The molecule has 0 aliphatic carbocycles. The van der Waals surface area contributed by atoms with Crippen molar-refractivity contribution in [2.24, 2.45) is 0 Å². The van der Waals surface area contributed by atoms with Crippen molar-refractivity contribution in [3.63, 3.8) is 0 Å². The first-order valence-electron chi connectivity index (χ1n) is 5.63. The molecule has 0 aliphatic rings.